The molecule has 0 heterocycles. The number of benzene rings is 1. The molecule has 1 aromatic carbocycles. The number of nitrogens with two attached hydrogens (primary N) is 1. The standard InChI is InChI=1S/C15H24N2O2/c1-5-15(16,6-2)14(18)17-11(3)12-8-7-9-13(10-12)19-4/h7-11H,5-6,16H2,1-4H3,(H,17,18)/t11-/m0/s1. The molecule has 106 valence electrons. The molecule has 0 spiro atoms. The van der Waals surface area contributed by atoms with E-state index in [0.717, 1.165) is 11.3 Å². The van der Waals surface area contributed by atoms with E-state index in [4.69, 9.17) is 10.5 Å². The van der Waals surface area contributed by atoms with Gasteiger partial charge in [0.1, 0.15) is 5.75 Å². The summed E-state index contributed by atoms with van der Waals surface area (Å²) in [4.78, 5) is 12.2. The van der Waals surface area contributed by atoms with Gasteiger partial charge in [0.05, 0.1) is 18.7 Å². The van der Waals surface area contributed by atoms with Crippen LogP contribution >= 0.6 is 0 Å². The smallest absolute Gasteiger partial charge is 0.240 e. The van der Waals surface area contributed by atoms with Gasteiger partial charge in [-0.15, -0.1) is 0 Å². The lowest BCUT2D eigenvalue weighted by atomic mass is 9.92. The Morgan fingerprint density at radius 3 is 2.58 bits per heavy atom. The van der Waals surface area contributed by atoms with Crippen LogP contribution in [-0.2, 0) is 4.79 Å². The summed E-state index contributed by atoms with van der Waals surface area (Å²) < 4.78 is 5.18. The fraction of sp³-hybridized carbons (Fsp3) is 0.533. The molecule has 0 saturated carbocycles. The zero-order valence-corrected chi connectivity index (χ0v) is 12.2. The highest BCUT2D eigenvalue weighted by atomic mass is 16.5. The van der Waals surface area contributed by atoms with Crippen LogP contribution in [0.25, 0.3) is 0 Å². The van der Waals surface area contributed by atoms with Gasteiger partial charge in [0.2, 0.25) is 5.91 Å². The van der Waals surface area contributed by atoms with E-state index in [9.17, 15) is 4.79 Å². The Morgan fingerprint density at radius 1 is 1.42 bits per heavy atom. The minimum Gasteiger partial charge on any atom is -0.497 e. The molecule has 4 nitrogen and oxygen atoms in total. The molecule has 0 aliphatic heterocycles. The highest BCUT2D eigenvalue weighted by Gasteiger charge is 2.30. The molecule has 1 aromatic rings. The molecule has 1 rings (SSSR count). The number of carbonyl (C=O) groups is 1. The van der Waals surface area contributed by atoms with Crippen LogP contribution in [0.15, 0.2) is 24.3 Å². The molecule has 3 N–H and O–H groups in total. The van der Waals surface area contributed by atoms with Crippen LogP contribution in [0.3, 0.4) is 0 Å². The summed E-state index contributed by atoms with van der Waals surface area (Å²) in [5, 5.41) is 2.97. The van der Waals surface area contributed by atoms with Gasteiger partial charge in [-0.2, -0.15) is 0 Å². The van der Waals surface area contributed by atoms with E-state index in [1.165, 1.54) is 0 Å². The maximum Gasteiger partial charge on any atom is 0.240 e. The van der Waals surface area contributed by atoms with E-state index in [-0.39, 0.29) is 11.9 Å². The first-order valence-electron chi connectivity index (χ1n) is 6.70. The second kappa shape index (κ2) is 6.57. The van der Waals surface area contributed by atoms with Gasteiger partial charge < -0.3 is 15.8 Å². The Balaban J connectivity index is 2.79. The Labute approximate surface area is 115 Å². The lowest BCUT2D eigenvalue weighted by molar-refractivity contribution is -0.127. The van der Waals surface area contributed by atoms with E-state index in [1.54, 1.807) is 7.11 Å². The van der Waals surface area contributed by atoms with Crippen molar-refractivity contribution < 1.29 is 9.53 Å². The second-order valence-corrected chi connectivity index (χ2v) is 4.84. The van der Waals surface area contributed by atoms with Gasteiger partial charge in [-0.05, 0) is 37.5 Å². The number of methoxy groups -OCH3 is 1. The van der Waals surface area contributed by atoms with E-state index >= 15 is 0 Å². The maximum atomic E-state index is 12.2. The molecule has 19 heavy (non-hydrogen) atoms. The number of nitrogens with one attached hydrogen (secondary N) is 1. The Kier molecular flexibility index (Phi) is 5.36. The van der Waals surface area contributed by atoms with Crippen molar-refractivity contribution in [3.05, 3.63) is 29.8 Å². The number of rotatable bonds is 6. The van der Waals surface area contributed by atoms with Crippen molar-refractivity contribution in [3.8, 4) is 5.75 Å². The Morgan fingerprint density at radius 2 is 2.05 bits per heavy atom. The van der Waals surface area contributed by atoms with Gasteiger partial charge in [0, 0.05) is 0 Å². The maximum absolute atomic E-state index is 12.2. The molecule has 0 aliphatic carbocycles. The molecular weight excluding hydrogens is 240 g/mol. The van der Waals surface area contributed by atoms with Crippen LogP contribution in [-0.4, -0.2) is 18.6 Å². The molecule has 0 aliphatic rings. The lowest BCUT2D eigenvalue weighted by Crippen LogP contribution is -2.53. The number of hydrogen-bond donors (Lipinski definition) is 2. The minimum absolute atomic E-state index is 0.0939. The zero-order valence-electron chi connectivity index (χ0n) is 12.2. The van der Waals surface area contributed by atoms with E-state index in [0.29, 0.717) is 12.8 Å². The highest BCUT2D eigenvalue weighted by Crippen LogP contribution is 2.20. The number of ether oxygens (including phenoxy) is 1. The quantitative estimate of drug-likeness (QED) is 0.829. The number of amides is 1. The predicted octanol–water partition coefficient (Wildman–Crippen LogP) is 2.39. The van der Waals surface area contributed by atoms with Crippen LogP contribution in [0.1, 0.15) is 45.2 Å². The number of carbonyl (C=O) groups excluding carboxylic acids is 1. The SMILES string of the molecule is CCC(N)(CC)C(=O)N[C@@H](C)c1cccc(OC)c1. The van der Waals surface area contributed by atoms with Gasteiger partial charge >= 0.3 is 0 Å². The number of hydrogen-bond acceptors (Lipinski definition) is 3. The highest BCUT2D eigenvalue weighted by molar-refractivity contribution is 5.86. The summed E-state index contributed by atoms with van der Waals surface area (Å²) in [7, 11) is 1.63. The Hall–Kier alpha value is -1.55. The van der Waals surface area contributed by atoms with Crippen molar-refractivity contribution in [1.82, 2.24) is 5.32 Å². The average molecular weight is 264 g/mol. The van der Waals surface area contributed by atoms with Crippen LogP contribution in [0.4, 0.5) is 0 Å². The Bertz CT molecular complexity index is 428. The third-order valence-electron chi connectivity index (χ3n) is 3.66. The molecule has 1 amide bonds. The fourth-order valence-electron chi connectivity index (χ4n) is 1.91. The minimum atomic E-state index is -0.785. The van der Waals surface area contributed by atoms with Crippen molar-refractivity contribution in [2.45, 2.75) is 45.2 Å². The van der Waals surface area contributed by atoms with Gasteiger partial charge in [0.25, 0.3) is 0 Å². The van der Waals surface area contributed by atoms with Crippen LogP contribution in [0.5, 0.6) is 5.75 Å². The first-order valence-corrected chi connectivity index (χ1v) is 6.70. The fourth-order valence-corrected chi connectivity index (χ4v) is 1.91. The molecule has 0 aromatic heterocycles. The summed E-state index contributed by atoms with van der Waals surface area (Å²) in [6, 6.07) is 7.57. The predicted molar refractivity (Wildman–Crippen MR) is 77.1 cm³/mol. The average Bonchev–Trinajstić information content (AvgIpc) is 2.46. The van der Waals surface area contributed by atoms with E-state index in [2.05, 4.69) is 5.32 Å². The molecule has 0 fully saturated rings. The summed E-state index contributed by atoms with van der Waals surface area (Å²) in [6.07, 6.45) is 1.25. The molecule has 4 heteroatoms. The summed E-state index contributed by atoms with van der Waals surface area (Å²) in [5.74, 6) is 0.677. The molecule has 0 saturated heterocycles. The van der Waals surface area contributed by atoms with Gasteiger partial charge in [-0.25, -0.2) is 0 Å². The van der Waals surface area contributed by atoms with E-state index in [1.807, 2.05) is 45.0 Å². The third-order valence-corrected chi connectivity index (χ3v) is 3.66. The summed E-state index contributed by atoms with van der Waals surface area (Å²) >= 11 is 0. The first-order chi connectivity index (χ1) is 8.96. The van der Waals surface area contributed by atoms with E-state index < -0.39 is 5.54 Å². The van der Waals surface area contributed by atoms with Crippen molar-refractivity contribution >= 4 is 5.91 Å². The van der Waals surface area contributed by atoms with Crippen molar-refractivity contribution in [2.24, 2.45) is 5.73 Å². The van der Waals surface area contributed by atoms with Gasteiger partial charge in [0.15, 0.2) is 0 Å². The molecule has 1 atom stereocenters. The summed E-state index contributed by atoms with van der Waals surface area (Å²) in [6.45, 7) is 5.80. The molecule has 0 radical (unpaired) electrons. The summed E-state index contributed by atoms with van der Waals surface area (Å²) in [5.41, 5.74) is 6.30. The van der Waals surface area contributed by atoms with Crippen LogP contribution < -0.4 is 15.8 Å². The zero-order chi connectivity index (χ0) is 14.5. The van der Waals surface area contributed by atoms with Gasteiger partial charge in [-0.3, -0.25) is 4.79 Å². The molecular formula is C15H24N2O2. The lowest BCUT2D eigenvalue weighted by Gasteiger charge is -2.27. The topological polar surface area (TPSA) is 64.4 Å². The third kappa shape index (κ3) is 3.70. The van der Waals surface area contributed by atoms with Crippen molar-refractivity contribution in [3.63, 3.8) is 0 Å². The van der Waals surface area contributed by atoms with Crippen LogP contribution in [0, 0.1) is 0 Å². The molecule has 0 bridgehead atoms. The first kappa shape index (κ1) is 15.5. The van der Waals surface area contributed by atoms with Crippen molar-refractivity contribution in [1.29, 1.82) is 0 Å². The second-order valence-electron chi connectivity index (χ2n) is 4.84. The van der Waals surface area contributed by atoms with Gasteiger partial charge in [-0.1, -0.05) is 26.0 Å². The monoisotopic (exact) mass is 264 g/mol. The van der Waals surface area contributed by atoms with Crippen molar-refractivity contribution in [2.75, 3.05) is 7.11 Å². The van der Waals surface area contributed by atoms with Crippen LogP contribution in [0.2, 0.25) is 0 Å². The largest absolute Gasteiger partial charge is 0.497 e. The molecule has 0 unspecified atom stereocenters. The normalized spacial score (nSPS) is 12.9.